The van der Waals surface area contributed by atoms with Crippen molar-refractivity contribution in [3.05, 3.63) is 54.4 Å². The first-order valence-electron chi connectivity index (χ1n) is 4.06. The molecule has 0 spiro atoms. The van der Waals surface area contributed by atoms with Crippen molar-refractivity contribution in [2.75, 3.05) is 0 Å². The summed E-state index contributed by atoms with van der Waals surface area (Å²) in [5.74, 6) is -1.21. The number of hydrogen-bond acceptors (Lipinski definition) is 1. The molecule has 0 saturated heterocycles. The molecule has 0 atom stereocenters. The first-order chi connectivity index (χ1) is 6.79. The Morgan fingerprint density at radius 2 is 1.71 bits per heavy atom. The van der Waals surface area contributed by atoms with Gasteiger partial charge in [-0.15, -0.1) is 0 Å². The summed E-state index contributed by atoms with van der Waals surface area (Å²) in [6.07, 6.45) is 4.04. The fraction of sp³-hybridized carbons (Fsp3) is 0. The molecule has 1 aromatic heterocycles. The van der Waals surface area contributed by atoms with Gasteiger partial charge in [0.1, 0.15) is 11.6 Å². The molecule has 3 heteroatoms. The topological polar surface area (TPSA) is 12.9 Å². The number of nitrogens with zero attached hydrogens (tertiary/aromatic N) is 1. The lowest BCUT2D eigenvalue weighted by Crippen LogP contribution is -1.89. The fourth-order valence-corrected chi connectivity index (χ4v) is 1.22. The maximum Gasteiger partial charge on any atom is 0.134 e. The average molecular weight is 190 g/mol. The number of aromatic nitrogens is 1. The molecule has 2 aromatic rings. The van der Waals surface area contributed by atoms with Crippen LogP contribution in [0.1, 0.15) is 0 Å². The van der Waals surface area contributed by atoms with Crippen LogP contribution in [0.15, 0.2) is 36.5 Å². The molecule has 1 aromatic carbocycles. The molecule has 14 heavy (non-hydrogen) atoms. The lowest BCUT2D eigenvalue weighted by molar-refractivity contribution is 0.589. The van der Waals surface area contributed by atoms with E-state index < -0.39 is 11.6 Å². The maximum absolute atomic E-state index is 13.2. The van der Waals surface area contributed by atoms with Crippen molar-refractivity contribution in [2.24, 2.45) is 0 Å². The highest BCUT2D eigenvalue weighted by atomic mass is 19.1. The van der Waals surface area contributed by atoms with E-state index in [-0.39, 0.29) is 5.56 Å². The van der Waals surface area contributed by atoms with E-state index in [0.717, 1.165) is 0 Å². The minimum absolute atomic E-state index is 0.0828. The van der Waals surface area contributed by atoms with Crippen LogP contribution in [0.3, 0.4) is 0 Å². The van der Waals surface area contributed by atoms with E-state index >= 15 is 0 Å². The fourth-order valence-electron chi connectivity index (χ4n) is 1.22. The summed E-state index contributed by atoms with van der Waals surface area (Å²) in [6.45, 7) is 0. The van der Waals surface area contributed by atoms with Crippen LogP contribution in [-0.4, -0.2) is 4.98 Å². The monoisotopic (exact) mass is 190 g/mol. The van der Waals surface area contributed by atoms with Gasteiger partial charge in [0.15, 0.2) is 0 Å². The standard InChI is InChI=1S/C11H6F2N/c12-9-4-1-5-10(13)11(9)8-3-2-6-14-7-8/h1-6H. The third-order valence-corrected chi connectivity index (χ3v) is 1.84. The van der Waals surface area contributed by atoms with Crippen molar-refractivity contribution in [1.29, 1.82) is 0 Å². The number of rotatable bonds is 1. The molecule has 0 aliphatic rings. The van der Waals surface area contributed by atoms with Gasteiger partial charge in [-0.3, -0.25) is 4.98 Å². The lowest BCUT2D eigenvalue weighted by Gasteiger charge is -2.02. The van der Waals surface area contributed by atoms with Gasteiger partial charge in [0.05, 0.1) is 11.8 Å². The second-order valence-electron chi connectivity index (χ2n) is 2.76. The Kier molecular flexibility index (Phi) is 2.23. The summed E-state index contributed by atoms with van der Waals surface area (Å²) >= 11 is 0. The van der Waals surface area contributed by atoms with E-state index in [1.54, 1.807) is 12.1 Å². The van der Waals surface area contributed by atoms with Crippen molar-refractivity contribution >= 4 is 0 Å². The van der Waals surface area contributed by atoms with Crippen LogP contribution in [0.2, 0.25) is 0 Å². The molecule has 0 unspecified atom stereocenters. The molecule has 1 nitrogen and oxygen atoms in total. The van der Waals surface area contributed by atoms with Crippen LogP contribution >= 0.6 is 0 Å². The van der Waals surface area contributed by atoms with Gasteiger partial charge in [-0.2, -0.15) is 0 Å². The van der Waals surface area contributed by atoms with Gasteiger partial charge in [-0.1, -0.05) is 12.1 Å². The first-order valence-corrected chi connectivity index (χ1v) is 4.06. The van der Waals surface area contributed by atoms with Gasteiger partial charge in [0, 0.05) is 11.8 Å². The number of benzene rings is 1. The lowest BCUT2D eigenvalue weighted by atomic mass is 10.1. The zero-order chi connectivity index (χ0) is 9.97. The molecule has 0 aliphatic carbocycles. The van der Waals surface area contributed by atoms with Gasteiger partial charge in [-0.05, 0) is 18.2 Å². The highest BCUT2D eigenvalue weighted by Crippen LogP contribution is 2.24. The highest BCUT2D eigenvalue weighted by Gasteiger charge is 2.10. The Balaban J connectivity index is 2.63. The molecule has 69 valence electrons. The van der Waals surface area contributed by atoms with E-state index in [2.05, 4.69) is 11.2 Å². The van der Waals surface area contributed by atoms with Crippen LogP contribution in [-0.2, 0) is 0 Å². The second kappa shape index (κ2) is 3.54. The Morgan fingerprint density at radius 1 is 1.00 bits per heavy atom. The molecule has 1 radical (unpaired) electrons. The second-order valence-corrected chi connectivity index (χ2v) is 2.76. The van der Waals surface area contributed by atoms with E-state index in [1.807, 2.05) is 0 Å². The van der Waals surface area contributed by atoms with E-state index in [4.69, 9.17) is 0 Å². The van der Waals surface area contributed by atoms with Gasteiger partial charge in [0.2, 0.25) is 0 Å². The molecule has 0 fully saturated rings. The smallest absolute Gasteiger partial charge is 0.134 e. The van der Waals surface area contributed by atoms with Crippen molar-refractivity contribution in [3.63, 3.8) is 0 Å². The SMILES string of the molecule is Fc1cccc(F)c1-c1[c]nccc1. The van der Waals surface area contributed by atoms with Gasteiger partial charge >= 0.3 is 0 Å². The molecule has 0 amide bonds. The maximum atomic E-state index is 13.2. The van der Waals surface area contributed by atoms with E-state index in [0.29, 0.717) is 5.56 Å². The van der Waals surface area contributed by atoms with Crippen molar-refractivity contribution in [1.82, 2.24) is 4.98 Å². The third-order valence-electron chi connectivity index (χ3n) is 1.84. The van der Waals surface area contributed by atoms with Crippen molar-refractivity contribution in [3.8, 4) is 11.1 Å². The number of hydrogen-bond donors (Lipinski definition) is 0. The normalized spacial score (nSPS) is 10.1. The third kappa shape index (κ3) is 1.48. The summed E-state index contributed by atoms with van der Waals surface area (Å²) in [7, 11) is 0. The van der Waals surface area contributed by atoms with Crippen molar-refractivity contribution < 1.29 is 8.78 Å². The summed E-state index contributed by atoms with van der Waals surface area (Å²) in [5, 5.41) is 0. The van der Waals surface area contributed by atoms with E-state index in [9.17, 15) is 8.78 Å². The van der Waals surface area contributed by atoms with Crippen LogP contribution < -0.4 is 0 Å². The number of pyridine rings is 1. The van der Waals surface area contributed by atoms with Crippen LogP contribution in [0.5, 0.6) is 0 Å². The van der Waals surface area contributed by atoms with Crippen LogP contribution in [0.25, 0.3) is 11.1 Å². The summed E-state index contributed by atoms with van der Waals surface area (Å²) in [6, 6.07) is 6.91. The van der Waals surface area contributed by atoms with Crippen LogP contribution in [0, 0.1) is 17.8 Å². The molecular weight excluding hydrogens is 184 g/mol. The average Bonchev–Trinajstić information content (AvgIpc) is 2.19. The summed E-state index contributed by atoms with van der Waals surface area (Å²) in [5.41, 5.74) is 0.240. The van der Waals surface area contributed by atoms with Gasteiger partial charge in [-0.25, -0.2) is 8.78 Å². The van der Waals surface area contributed by atoms with Crippen LogP contribution in [0.4, 0.5) is 8.78 Å². The Morgan fingerprint density at radius 3 is 2.29 bits per heavy atom. The minimum Gasteiger partial charge on any atom is -0.254 e. The highest BCUT2D eigenvalue weighted by molar-refractivity contribution is 5.62. The molecule has 0 bridgehead atoms. The summed E-state index contributed by atoms with van der Waals surface area (Å²) in [4.78, 5) is 3.68. The van der Waals surface area contributed by atoms with Gasteiger partial charge < -0.3 is 0 Å². The van der Waals surface area contributed by atoms with Gasteiger partial charge in [0.25, 0.3) is 0 Å². The van der Waals surface area contributed by atoms with Crippen molar-refractivity contribution in [2.45, 2.75) is 0 Å². The van der Waals surface area contributed by atoms with E-state index in [1.165, 1.54) is 24.4 Å². The Bertz CT molecular complexity index is 420. The molecule has 0 saturated carbocycles. The zero-order valence-corrected chi connectivity index (χ0v) is 7.17. The molecular formula is C11H6F2N. The molecule has 0 aliphatic heterocycles. The quantitative estimate of drug-likeness (QED) is 0.673. The minimum atomic E-state index is -0.603. The summed E-state index contributed by atoms with van der Waals surface area (Å²) < 4.78 is 26.5. The molecule has 2 rings (SSSR count). The predicted octanol–water partition coefficient (Wildman–Crippen LogP) is 2.83. The Labute approximate surface area is 80.0 Å². The largest absolute Gasteiger partial charge is 0.254 e. The molecule has 1 heterocycles. The first kappa shape index (κ1) is 8.81. The predicted molar refractivity (Wildman–Crippen MR) is 48.4 cm³/mol. The zero-order valence-electron chi connectivity index (χ0n) is 7.17. The number of halogens is 2. The molecule has 0 N–H and O–H groups in total. The Hall–Kier alpha value is -1.77.